The lowest BCUT2D eigenvalue weighted by atomic mass is 10.1. The molecule has 1 amide bonds. The fourth-order valence-electron chi connectivity index (χ4n) is 2.09. The van der Waals surface area contributed by atoms with Crippen molar-refractivity contribution < 1.29 is 13.2 Å². The van der Waals surface area contributed by atoms with Crippen molar-refractivity contribution in [2.24, 2.45) is 0 Å². The Morgan fingerprint density at radius 3 is 2.33 bits per heavy atom. The molecule has 5 nitrogen and oxygen atoms in total. The molecule has 0 aliphatic carbocycles. The lowest BCUT2D eigenvalue weighted by Gasteiger charge is -2.15. The van der Waals surface area contributed by atoms with E-state index in [9.17, 15) is 13.2 Å². The monoisotopic (exact) mass is 346 g/mol. The fourth-order valence-corrected chi connectivity index (χ4v) is 3.17. The van der Waals surface area contributed by atoms with Gasteiger partial charge in [-0.2, -0.15) is 0 Å². The van der Waals surface area contributed by atoms with Crippen LogP contribution in [0.5, 0.6) is 0 Å². The topological polar surface area (TPSA) is 75.3 Å². The third kappa shape index (κ3) is 4.35. The summed E-state index contributed by atoms with van der Waals surface area (Å²) < 4.78 is 27.6. The zero-order valence-electron chi connectivity index (χ0n) is 14.0. The number of benzene rings is 2. The van der Waals surface area contributed by atoms with Crippen LogP contribution >= 0.6 is 0 Å². The molecule has 2 aromatic carbocycles. The number of carbonyl (C=O) groups is 1. The molecule has 0 heterocycles. The molecule has 0 aliphatic rings. The molecule has 0 fully saturated rings. The highest BCUT2D eigenvalue weighted by Gasteiger charge is 2.19. The van der Waals surface area contributed by atoms with Gasteiger partial charge in [-0.3, -0.25) is 9.52 Å². The van der Waals surface area contributed by atoms with Crippen LogP contribution in [0.2, 0.25) is 0 Å². The van der Waals surface area contributed by atoms with Crippen LogP contribution in [0.25, 0.3) is 0 Å². The Kier molecular flexibility index (Phi) is 5.62. The van der Waals surface area contributed by atoms with E-state index in [1.807, 2.05) is 20.8 Å². The highest BCUT2D eigenvalue weighted by atomic mass is 32.2. The molecule has 0 aliphatic heterocycles. The molecule has 0 spiro atoms. The van der Waals surface area contributed by atoms with Gasteiger partial charge >= 0.3 is 0 Å². The summed E-state index contributed by atoms with van der Waals surface area (Å²) in [6, 6.07) is 13.1. The van der Waals surface area contributed by atoms with Crippen molar-refractivity contribution in [1.29, 1.82) is 0 Å². The summed E-state index contributed by atoms with van der Waals surface area (Å²) in [7, 11) is -3.75. The summed E-state index contributed by atoms with van der Waals surface area (Å²) in [4.78, 5) is 12.5. The van der Waals surface area contributed by atoms with Crippen LogP contribution < -0.4 is 10.0 Å². The third-order valence-corrected chi connectivity index (χ3v) is 5.12. The molecular weight excluding hydrogens is 324 g/mol. The minimum atomic E-state index is -3.75. The first-order chi connectivity index (χ1) is 11.3. The number of hydrogen-bond acceptors (Lipinski definition) is 3. The van der Waals surface area contributed by atoms with E-state index in [0.717, 1.165) is 12.0 Å². The lowest BCUT2D eigenvalue weighted by Crippen LogP contribution is -2.32. The number of rotatable bonds is 6. The minimum absolute atomic E-state index is 0.0132. The number of para-hydroxylation sites is 1. The van der Waals surface area contributed by atoms with Gasteiger partial charge < -0.3 is 5.32 Å². The number of carbonyl (C=O) groups excluding carboxylic acids is 1. The van der Waals surface area contributed by atoms with Gasteiger partial charge in [0.05, 0.1) is 16.1 Å². The molecular formula is C18H22N2O3S. The van der Waals surface area contributed by atoms with Crippen LogP contribution in [0.4, 0.5) is 5.69 Å². The number of anilines is 1. The zero-order chi connectivity index (χ0) is 17.7. The van der Waals surface area contributed by atoms with E-state index in [1.54, 1.807) is 48.5 Å². The Hall–Kier alpha value is -2.34. The third-order valence-electron chi connectivity index (χ3n) is 3.74. The summed E-state index contributed by atoms with van der Waals surface area (Å²) in [6.07, 6.45) is 0.795. The molecule has 24 heavy (non-hydrogen) atoms. The molecule has 0 aromatic heterocycles. The van der Waals surface area contributed by atoms with Gasteiger partial charge in [-0.05, 0) is 44.5 Å². The van der Waals surface area contributed by atoms with E-state index in [1.165, 1.54) is 0 Å². The Morgan fingerprint density at radius 1 is 1.08 bits per heavy atom. The molecule has 2 N–H and O–H groups in total. The van der Waals surface area contributed by atoms with Crippen molar-refractivity contribution in [1.82, 2.24) is 5.32 Å². The quantitative estimate of drug-likeness (QED) is 0.842. The van der Waals surface area contributed by atoms with Gasteiger partial charge in [0.2, 0.25) is 0 Å². The van der Waals surface area contributed by atoms with E-state index in [0.29, 0.717) is 5.56 Å². The van der Waals surface area contributed by atoms with Crippen molar-refractivity contribution >= 4 is 21.6 Å². The van der Waals surface area contributed by atoms with Crippen molar-refractivity contribution in [2.75, 3.05) is 4.72 Å². The maximum absolute atomic E-state index is 12.5. The van der Waals surface area contributed by atoms with Crippen LogP contribution in [0.3, 0.4) is 0 Å². The number of amides is 1. The van der Waals surface area contributed by atoms with Gasteiger partial charge in [0, 0.05) is 6.04 Å². The standard InChI is InChI=1S/C18H22N2O3S/c1-4-14(3)19-18(21)16-7-5-6-8-17(16)20-24(22,23)15-11-9-13(2)10-12-15/h5-12,14,20H,4H2,1-3H3,(H,19,21). The maximum Gasteiger partial charge on any atom is 0.261 e. The van der Waals surface area contributed by atoms with Crippen LogP contribution in [-0.4, -0.2) is 20.4 Å². The lowest BCUT2D eigenvalue weighted by molar-refractivity contribution is 0.0940. The Labute approximate surface area is 143 Å². The van der Waals surface area contributed by atoms with E-state index < -0.39 is 10.0 Å². The van der Waals surface area contributed by atoms with E-state index >= 15 is 0 Å². The largest absolute Gasteiger partial charge is 0.350 e. The van der Waals surface area contributed by atoms with Crippen LogP contribution in [0.1, 0.15) is 36.2 Å². The number of hydrogen-bond donors (Lipinski definition) is 2. The van der Waals surface area contributed by atoms with Crippen LogP contribution in [-0.2, 0) is 10.0 Å². The van der Waals surface area contributed by atoms with E-state index in [2.05, 4.69) is 10.0 Å². The number of aryl methyl sites for hydroxylation is 1. The first-order valence-corrected chi connectivity index (χ1v) is 9.31. The number of nitrogens with one attached hydrogen (secondary N) is 2. The van der Waals surface area contributed by atoms with Crippen molar-refractivity contribution in [3.63, 3.8) is 0 Å². The molecule has 0 saturated heterocycles. The summed E-state index contributed by atoms with van der Waals surface area (Å²) in [5, 5.41) is 2.85. The Bertz CT molecular complexity index is 814. The molecule has 2 aromatic rings. The summed E-state index contributed by atoms with van der Waals surface area (Å²) in [5.74, 6) is -0.299. The average Bonchev–Trinajstić information content (AvgIpc) is 2.55. The second-order valence-corrected chi connectivity index (χ2v) is 7.43. The van der Waals surface area contributed by atoms with E-state index in [-0.39, 0.29) is 22.5 Å². The highest BCUT2D eigenvalue weighted by Crippen LogP contribution is 2.20. The predicted octanol–water partition coefficient (Wildman–Crippen LogP) is 3.32. The van der Waals surface area contributed by atoms with E-state index in [4.69, 9.17) is 0 Å². The van der Waals surface area contributed by atoms with Crippen molar-refractivity contribution in [3.8, 4) is 0 Å². The Morgan fingerprint density at radius 2 is 1.71 bits per heavy atom. The van der Waals surface area contributed by atoms with Gasteiger partial charge in [-0.15, -0.1) is 0 Å². The summed E-state index contributed by atoms with van der Waals surface area (Å²) in [5.41, 5.74) is 1.54. The molecule has 0 bridgehead atoms. The van der Waals surface area contributed by atoms with Crippen molar-refractivity contribution in [3.05, 3.63) is 59.7 Å². The molecule has 0 radical (unpaired) electrons. The smallest absolute Gasteiger partial charge is 0.261 e. The van der Waals surface area contributed by atoms with Gasteiger partial charge in [-0.25, -0.2) is 8.42 Å². The first kappa shape index (κ1) is 18.0. The SMILES string of the molecule is CCC(C)NC(=O)c1ccccc1NS(=O)(=O)c1ccc(C)cc1. The van der Waals surface area contributed by atoms with Gasteiger partial charge in [0.1, 0.15) is 0 Å². The number of sulfonamides is 1. The minimum Gasteiger partial charge on any atom is -0.350 e. The highest BCUT2D eigenvalue weighted by molar-refractivity contribution is 7.92. The van der Waals surface area contributed by atoms with Gasteiger partial charge in [0.15, 0.2) is 0 Å². The second kappa shape index (κ2) is 7.49. The Balaban J connectivity index is 2.30. The maximum atomic E-state index is 12.5. The van der Waals surface area contributed by atoms with Gasteiger partial charge in [-0.1, -0.05) is 36.8 Å². The predicted molar refractivity (Wildman–Crippen MR) is 95.6 cm³/mol. The summed E-state index contributed by atoms with van der Waals surface area (Å²) in [6.45, 7) is 5.76. The zero-order valence-corrected chi connectivity index (χ0v) is 14.9. The molecule has 2 rings (SSSR count). The first-order valence-electron chi connectivity index (χ1n) is 7.83. The summed E-state index contributed by atoms with van der Waals surface area (Å²) >= 11 is 0. The van der Waals surface area contributed by atoms with Crippen molar-refractivity contribution in [2.45, 2.75) is 38.1 Å². The second-order valence-electron chi connectivity index (χ2n) is 5.75. The fraction of sp³-hybridized carbons (Fsp3) is 0.278. The molecule has 0 saturated carbocycles. The molecule has 1 unspecified atom stereocenters. The normalized spacial score (nSPS) is 12.5. The average molecular weight is 346 g/mol. The molecule has 1 atom stereocenters. The van der Waals surface area contributed by atoms with Crippen LogP contribution in [0.15, 0.2) is 53.4 Å². The van der Waals surface area contributed by atoms with Crippen LogP contribution in [0, 0.1) is 6.92 Å². The molecule has 6 heteroatoms. The van der Waals surface area contributed by atoms with Gasteiger partial charge in [0.25, 0.3) is 15.9 Å². The molecule has 128 valence electrons.